The summed E-state index contributed by atoms with van der Waals surface area (Å²) >= 11 is 0. The van der Waals surface area contributed by atoms with Crippen LogP contribution in [0.25, 0.3) is 0 Å². The molecule has 0 aromatic carbocycles. The van der Waals surface area contributed by atoms with Crippen LogP contribution in [0.15, 0.2) is 12.5 Å². The third-order valence-electron chi connectivity index (χ3n) is 3.82. The van der Waals surface area contributed by atoms with Gasteiger partial charge in [0.25, 0.3) is 11.8 Å². The number of ether oxygens (including phenoxy) is 2. The van der Waals surface area contributed by atoms with E-state index in [1.807, 2.05) is 0 Å². The molecule has 32 heavy (non-hydrogen) atoms. The Kier molecular flexibility index (Phi) is 7.27. The summed E-state index contributed by atoms with van der Waals surface area (Å²) in [6.07, 6.45) is 0.593. The molecule has 176 valence electrons. The van der Waals surface area contributed by atoms with Gasteiger partial charge in [0, 0.05) is 25.5 Å². The Morgan fingerprint density at radius 3 is 2.12 bits per heavy atom. The second kappa shape index (κ2) is 9.37. The Morgan fingerprint density at radius 2 is 1.59 bits per heavy atom. The summed E-state index contributed by atoms with van der Waals surface area (Å²) in [6.45, 7) is 10.1. The maximum Gasteiger partial charge on any atom is 0.419 e. The number of imide groups is 1. The monoisotopic (exact) mass is 452 g/mol. The van der Waals surface area contributed by atoms with Crippen LogP contribution in [0.2, 0.25) is 0 Å². The van der Waals surface area contributed by atoms with Crippen molar-refractivity contribution in [2.75, 3.05) is 0 Å². The molecule has 0 bridgehead atoms. The van der Waals surface area contributed by atoms with Gasteiger partial charge in [0.15, 0.2) is 0 Å². The van der Waals surface area contributed by atoms with Gasteiger partial charge >= 0.3 is 18.2 Å². The Bertz CT molecular complexity index is 893. The molecule has 3 amide bonds. The lowest BCUT2D eigenvalue weighted by atomic mass is 10.1. The van der Waals surface area contributed by atoms with E-state index in [0.29, 0.717) is 5.06 Å². The van der Waals surface area contributed by atoms with Crippen molar-refractivity contribution in [2.45, 2.75) is 78.0 Å². The van der Waals surface area contributed by atoms with E-state index in [4.69, 9.17) is 14.3 Å². The molecule has 1 fully saturated rings. The summed E-state index contributed by atoms with van der Waals surface area (Å²) in [5, 5.41) is 2.73. The van der Waals surface area contributed by atoms with Gasteiger partial charge in [-0.05, 0) is 41.5 Å². The van der Waals surface area contributed by atoms with Gasteiger partial charge < -0.3 is 19.6 Å². The summed E-state index contributed by atoms with van der Waals surface area (Å²) in [5.41, 5.74) is -1.31. The van der Waals surface area contributed by atoms with Crippen molar-refractivity contribution >= 4 is 30.0 Å². The van der Waals surface area contributed by atoms with Crippen LogP contribution in [-0.4, -0.2) is 61.8 Å². The third-order valence-corrected chi connectivity index (χ3v) is 3.82. The van der Waals surface area contributed by atoms with E-state index in [9.17, 15) is 24.0 Å². The van der Waals surface area contributed by atoms with Crippen LogP contribution < -0.4 is 5.32 Å². The number of carbonyl (C=O) groups excluding carboxylic acids is 5. The van der Waals surface area contributed by atoms with Crippen LogP contribution >= 0.6 is 0 Å². The molecule has 1 aromatic heterocycles. The molecule has 0 spiro atoms. The summed E-state index contributed by atoms with van der Waals surface area (Å²) in [7, 11) is 0. The van der Waals surface area contributed by atoms with Crippen LogP contribution in [0.1, 0.15) is 60.1 Å². The molecule has 2 heterocycles. The molecule has 0 aliphatic carbocycles. The highest BCUT2D eigenvalue weighted by Crippen LogP contribution is 2.15. The minimum atomic E-state index is -1.35. The first-order valence-corrected chi connectivity index (χ1v) is 9.98. The van der Waals surface area contributed by atoms with E-state index in [1.54, 1.807) is 41.5 Å². The average molecular weight is 452 g/mol. The molecule has 1 atom stereocenters. The Balaban J connectivity index is 2.16. The van der Waals surface area contributed by atoms with Gasteiger partial charge in [-0.3, -0.25) is 9.59 Å². The lowest BCUT2D eigenvalue weighted by Crippen LogP contribution is -2.48. The van der Waals surface area contributed by atoms with Crippen molar-refractivity contribution in [1.82, 2.24) is 19.9 Å². The molecule has 0 saturated carbocycles. The van der Waals surface area contributed by atoms with Gasteiger partial charge in [0.2, 0.25) is 0 Å². The number of hydrogen-bond acceptors (Lipinski definition) is 9. The molecule has 1 aliphatic rings. The summed E-state index contributed by atoms with van der Waals surface area (Å²) in [4.78, 5) is 69.5. The topological polar surface area (TPSA) is 146 Å². The number of alkyl carbamates (subject to hydrolysis) is 1. The first kappa shape index (κ1) is 24.8. The predicted octanol–water partition coefficient (Wildman–Crippen LogP) is 1.71. The summed E-state index contributed by atoms with van der Waals surface area (Å²) in [5.74, 6) is -2.38. The fourth-order valence-electron chi connectivity index (χ4n) is 2.55. The van der Waals surface area contributed by atoms with Gasteiger partial charge in [-0.25, -0.2) is 23.9 Å². The Hall–Kier alpha value is -3.44. The standard InChI is InChI=1S/C20H28N4O8/c1-19(2,3)30-17(28)22-13(16(27)32-24-14(25)7-8-15(24)26)9-12-10-23(11-21-12)18(29)31-20(4,5)6/h10-11,13H,7-9H2,1-6H3,(H,22,28). The lowest BCUT2D eigenvalue weighted by molar-refractivity contribution is -0.198. The van der Waals surface area contributed by atoms with Crippen LogP contribution in [-0.2, 0) is 35.1 Å². The number of amides is 3. The van der Waals surface area contributed by atoms with Gasteiger partial charge in [0.1, 0.15) is 23.6 Å². The minimum Gasteiger partial charge on any atom is -0.444 e. The molecule has 2 rings (SSSR count). The van der Waals surface area contributed by atoms with E-state index < -0.39 is 47.2 Å². The molecule has 1 aromatic rings. The number of carbonyl (C=O) groups is 5. The molecule has 12 heteroatoms. The second-order valence-corrected chi connectivity index (χ2v) is 9.15. The van der Waals surface area contributed by atoms with E-state index in [-0.39, 0.29) is 25.0 Å². The second-order valence-electron chi connectivity index (χ2n) is 9.15. The van der Waals surface area contributed by atoms with Crippen molar-refractivity contribution in [1.29, 1.82) is 0 Å². The SMILES string of the molecule is CC(C)(C)OC(=O)NC(Cc1cn(C(=O)OC(C)(C)C)cn1)C(=O)ON1C(=O)CCC1=O. The molecule has 1 unspecified atom stereocenters. The smallest absolute Gasteiger partial charge is 0.419 e. The lowest BCUT2D eigenvalue weighted by Gasteiger charge is -2.23. The zero-order valence-corrected chi connectivity index (χ0v) is 19.0. The van der Waals surface area contributed by atoms with Gasteiger partial charge in [0.05, 0.1) is 5.69 Å². The quantitative estimate of drug-likeness (QED) is 0.660. The molecule has 1 N–H and O–H groups in total. The van der Waals surface area contributed by atoms with Gasteiger partial charge in [-0.2, -0.15) is 0 Å². The zero-order chi connectivity index (χ0) is 24.3. The highest BCUT2D eigenvalue weighted by molar-refractivity contribution is 6.01. The molecule has 1 aliphatic heterocycles. The normalized spacial score (nSPS) is 15.4. The van der Waals surface area contributed by atoms with E-state index in [1.165, 1.54) is 12.5 Å². The highest BCUT2D eigenvalue weighted by atomic mass is 16.7. The molecular weight excluding hydrogens is 424 g/mol. The van der Waals surface area contributed by atoms with Crippen molar-refractivity contribution in [3.8, 4) is 0 Å². The van der Waals surface area contributed by atoms with Gasteiger partial charge in [-0.15, -0.1) is 5.06 Å². The Labute approximate surface area is 185 Å². The van der Waals surface area contributed by atoms with Crippen LogP contribution in [0.5, 0.6) is 0 Å². The van der Waals surface area contributed by atoms with E-state index in [2.05, 4.69) is 10.3 Å². The van der Waals surface area contributed by atoms with Crippen molar-refractivity contribution in [3.05, 3.63) is 18.2 Å². The summed E-state index contributed by atoms with van der Waals surface area (Å²) < 4.78 is 11.5. The highest BCUT2D eigenvalue weighted by Gasteiger charge is 2.36. The number of nitrogens with one attached hydrogen (secondary N) is 1. The number of imidazole rings is 1. The average Bonchev–Trinajstić information content (AvgIpc) is 3.20. The first-order valence-electron chi connectivity index (χ1n) is 9.98. The zero-order valence-electron chi connectivity index (χ0n) is 19.0. The van der Waals surface area contributed by atoms with Crippen LogP contribution in [0.4, 0.5) is 9.59 Å². The van der Waals surface area contributed by atoms with E-state index >= 15 is 0 Å². The molecule has 12 nitrogen and oxygen atoms in total. The fourth-order valence-corrected chi connectivity index (χ4v) is 2.55. The number of aromatic nitrogens is 2. The Morgan fingerprint density at radius 1 is 1.03 bits per heavy atom. The van der Waals surface area contributed by atoms with Crippen molar-refractivity contribution in [2.24, 2.45) is 0 Å². The van der Waals surface area contributed by atoms with Crippen molar-refractivity contribution in [3.63, 3.8) is 0 Å². The van der Waals surface area contributed by atoms with Crippen LogP contribution in [0, 0.1) is 0 Å². The fraction of sp³-hybridized carbons (Fsp3) is 0.600. The van der Waals surface area contributed by atoms with Gasteiger partial charge in [-0.1, -0.05) is 0 Å². The molecule has 1 saturated heterocycles. The maximum absolute atomic E-state index is 12.7. The van der Waals surface area contributed by atoms with Crippen LogP contribution in [0.3, 0.4) is 0 Å². The minimum absolute atomic E-state index is 0.0728. The van der Waals surface area contributed by atoms with E-state index in [0.717, 1.165) is 4.57 Å². The number of nitrogens with zero attached hydrogens (tertiary/aromatic N) is 3. The number of hydrogen-bond donors (Lipinski definition) is 1. The number of rotatable bonds is 5. The number of hydroxylamine groups is 2. The molecule has 0 radical (unpaired) electrons. The molecular formula is C20H28N4O8. The maximum atomic E-state index is 12.7. The third kappa shape index (κ3) is 7.36. The van der Waals surface area contributed by atoms with Crippen molar-refractivity contribution < 1.29 is 38.3 Å². The largest absolute Gasteiger partial charge is 0.444 e. The predicted molar refractivity (Wildman–Crippen MR) is 108 cm³/mol. The first-order chi connectivity index (χ1) is 14.6. The summed E-state index contributed by atoms with van der Waals surface area (Å²) in [6, 6.07) is -1.35.